The van der Waals surface area contributed by atoms with Gasteiger partial charge in [-0.15, -0.1) is 0 Å². The normalized spacial score (nSPS) is 19.1. The van der Waals surface area contributed by atoms with E-state index in [9.17, 15) is 4.79 Å². The zero-order chi connectivity index (χ0) is 8.81. The molecule has 0 saturated heterocycles. The summed E-state index contributed by atoms with van der Waals surface area (Å²) in [6, 6.07) is 0.496. The molecule has 1 saturated carbocycles. The maximum Gasteiger partial charge on any atom is 0.312 e. The molecule has 1 fully saturated rings. The van der Waals surface area contributed by atoms with Crippen LogP contribution in [0.1, 0.15) is 45.4 Å². The lowest BCUT2D eigenvalue weighted by atomic mass is 9.94. The van der Waals surface area contributed by atoms with Crippen LogP contribution in [0.4, 0.5) is 0 Å². The van der Waals surface area contributed by atoms with E-state index in [1.807, 2.05) is 4.90 Å². The standard InChI is InChI=1S/C10H18NO/c1-2-8-11(9-12)10-6-4-3-5-7-10/h10H,2-8H2,1H3. The number of hydrogen-bond acceptors (Lipinski definition) is 1. The molecule has 0 unspecified atom stereocenters. The molecule has 0 spiro atoms. The van der Waals surface area contributed by atoms with Crippen LogP contribution < -0.4 is 0 Å². The first kappa shape index (κ1) is 9.56. The van der Waals surface area contributed by atoms with E-state index >= 15 is 0 Å². The van der Waals surface area contributed by atoms with Gasteiger partial charge in [-0.3, -0.25) is 4.79 Å². The second kappa shape index (κ2) is 5.18. The third kappa shape index (κ3) is 2.50. The Labute approximate surface area is 74.9 Å². The van der Waals surface area contributed by atoms with Gasteiger partial charge in [-0.1, -0.05) is 26.2 Å². The molecule has 1 aliphatic carbocycles. The van der Waals surface area contributed by atoms with Gasteiger partial charge in [0.2, 0.25) is 0 Å². The number of carbonyl (C=O) groups excluding carboxylic acids is 1. The summed E-state index contributed by atoms with van der Waals surface area (Å²) in [5, 5.41) is 0. The lowest BCUT2D eigenvalue weighted by Gasteiger charge is -2.30. The average Bonchev–Trinajstić information content (AvgIpc) is 2.15. The maximum absolute atomic E-state index is 10.6. The number of amides is 1. The first-order valence-electron chi connectivity index (χ1n) is 5.03. The summed E-state index contributed by atoms with van der Waals surface area (Å²) in [7, 11) is 0. The predicted octanol–water partition coefficient (Wildman–Crippen LogP) is 2.10. The molecule has 1 radical (unpaired) electrons. The molecular weight excluding hydrogens is 150 g/mol. The van der Waals surface area contributed by atoms with Crippen LogP contribution in [0.2, 0.25) is 0 Å². The van der Waals surface area contributed by atoms with Gasteiger partial charge in [-0.05, 0) is 19.3 Å². The highest BCUT2D eigenvalue weighted by atomic mass is 16.1. The summed E-state index contributed by atoms with van der Waals surface area (Å²) in [6.07, 6.45) is 9.39. The van der Waals surface area contributed by atoms with Crippen molar-refractivity contribution in [3.8, 4) is 0 Å². The fourth-order valence-corrected chi connectivity index (χ4v) is 1.94. The average molecular weight is 168 g/mol. The molecule has 2 nitrogen and oxygen atoms in total. The Kier molecular flexibility index (Phi) is 4.12. The molecule has 12 heavy (non-hydrogen) atoms. The minimum atomic E-state index is 0.496. The van der Waals surface area contributed by atoms with Crippen LogP contribution in [-0.4, -0.2) is 23.9 Å². The second-order valence-corrected chi connectivity index (χ2v) is 3.58. The summed E-state index contributed by atoms with van der Waals surface area (Å²) in [5.41, 5.74) is 0. The van der Waals surface area contributed by atoms with Crippen molar-refractivity contribution in [2.24, 2.45) is 0 Å². The van der Waals surface area contributed by atoms with Gasteiger partial charge in [0.1, 0.15) is 0 Å². The van der Waals surface area contributed by atoms with E-state index in [-0.39, 0.29) is 0 Å². The van der Waals surface area contributed by atoms with Gasteiger partial charge in [0.15, 0.2) is 0 Å². The summed E-state index contributed by atoms with van der Waals surface area (Å²) in [6.45, 7) is 2.99. The fourth-order valence-electron chi connectivity index (χ4n) is 1.94. The van der Waals surface area contributed by atoms with Crippen molar-refractivity contribution in [1.29, 1.82) is 0 Å². The van der Waals surface area contributed by atoms with E-state index in [4.69, 9.17) is 0 Å². The van der Waals surface area contributed by atoms with Gasteiger partial charge < -0.3 is 4.90 Å². The number of hydrogen-bond donors (Lipinski definition) is 0. The van der Waals surface area contributed by atoms with Crippen molar-refractivity contribution in [2.45, 2.75) is 51.5 Å². The lowest BCUT2D eigenvalue weighted by Crippen LogP contribution is -2.36. The highest BCUT2D eigenvalue weighted by molar-refractivity contribution is 5.48. The maximum atomic E-state index is 10.6. The van der Waals surface area contributed by atoms with Crippen molar-refractivity contribution in [2.75, 3.05) is 6.54 Å². The van der Waals surface area contributed by atoms with E-state index in [2.05, 4.69) is 13.3 Å². The van der Waals surface area contributed by atoms with Crippen molar-refractivity contribution in [1.82, 2.24) is 4.90 Å². The molecule has 0 atom stereocenters. The third-order valence-electron chi connectivity index (χ3n) is 2.60. The van der Waals surface area contributed by atoms with Crippen molar-refractivity contribution in [3.63, 3.8) is 0 Å². The molecule has 0 aromatic heterocycles. The zero-order valence-corrected chi connectivity index (χ0v) is 7.88. The van der Waals surface area contributed by atoms with Crippen LogP contribution in [0, 0.1) is 0 Å². The predicted molar refractivity (Wildman–Crippen MR) is 49.6 cm³/mol. The Hall–Kier alpha value is -0.530. The summed E-state index contributed by atoms with van der Waals surface area (Å²) >= 11 is 0. The molecule has 2 heteroatoms. The molecule has 0 aliphatic heterocycles. The van der Waals surface area contributed by atoms with Gasteiger partial charge in [0.25, 0.3) is 0 Å². The molecule has 0 aromatic carbocycles. The first-order chi connectivity index (χ1) is 5.88. The summed E-state index contributed by atoms with van der Waals surface area (Å²) in [5.74, 6) is 0. The third-order valence-corrected chi connectivity index (χ3v) is 2.60. The molecule has 0 bridgehead atoms. The highest BCUT2D eigenvalue weighted by Crippen LogP contribution is 2.21. The van der Waals surface area contributed by atoms with E-state index in [0.717, 1.165) is 13.0 Å². The van der Waals surface area contributed by atoms with Gasteiger partial charge in [0, 0.05) is 12.6 Å². The Morgan fingerprint density at radius 1 is 1.33 bits per heavy atom. The Bertz CT molecular complexity index is 130. The van der Waals surface area contributed by atoms with E-state index in [1.165, 1.54) is 32.1 Å². The van der Waals surface area contributed by atoms with Crippen molar-refractivity contribution >= 4 is 6.41 Å². The van der Waals surface area contributed by atoms with Crippen LogP contribution >= 0.6 is 0 Å². The monoisotopic (exact) mass is 168 g/mol. The summed E-state index contributed by atoms with van der Waals surface area (Å²) in [4.78, 5) is 12.5. The van der Waals surface area contributed by atoms with Crippen LogP contribution in [0.15, 0.2) is 0 Å². The van der Waals surface area contributed by atoms with Gasteiger partial charge in [-0.2, -0.15) is 0 Å². The first-order valence-corrected chi connectivity index (χ1v) is 5.03. The minimum Gasteiger partial charge on any atom is -0.331 e. The van der Waals surface area contributed by atoms with E-state index in [0.29, 0.717) is 6.04 Å². The van der Waals surface area contributed by atoms with Crippen LogP contribution in [-0.2, 0) is 4.79 Å². The molecule has 1 aliphatic rings. The van der Waals surface area contributed by atoms with E-state index in [1.54, 1.807) is 0 Å². The Morgan fingerprint density at radius 3 is 2.50 bits per heavy atom. The van der Waals surface area contributed by atoms with Gasteiger partial charge in [-0.25, -0.2) is 0 Å². The Balaban J connectivity index is 2.34. The second-order valence-electron chi connectivity index (χ2n) is 3.58. The zero-order valence-electron chi connectivity index (χ0n) is 7.88. The minimum absolute atomic E-state index is 0.496. The van der Waals surface area contributed by atoms with Gasteiger partial charge in [0.05, 0.1) is 0 Å². The Morgan fingerprint density at radius 2 is 2.00 bits per heavy atom. The molecule has 0 aromatic rings. The van der Waals surface area contributed by atoms with Crippen LogP contribution in [0.25, 0.3) is 0 Å². The number of nitrogens with zero attached hydrogens (tertiary/aromatic N) is 1. The molecular formula is C10H18NO. The van der Waals surface area contributed by atoms with Crippen molar-refractivity contribution < 1.29 is 4.79 Å². The fraction of sp³-hybridized carbons (Fsp3) is 0.900. The SMILES string of the molecule is CCCN([C]=O)C1CCCCC1. The van der Waals surface area contributed by atoms with Crippen LogP contribution in [0.3, 0.4) is 0 Å². The molecule has 0 heterocycles. The van der Waals surface area contributed by atoms with Crippen molar-refractivity contribution in [3.05, 3.63) is 0 Å². The molecule has 0 N–H and O–H groups in total. The quantitative estimate of drug-likeness (QED) is 0.589. The topological polar surface area (TPSA) is 20.3 Å². The summed E-state index contributed by atoms with van der Waals surface area (Å²) < 4.78 is 0. The molecule has 69 valence electrons. The lowest BCUT2D eigenvalue weighted by molar-refractivity contribution is 0.234. The molecule has 1 rings (SSSR count). The largest absolute Gasteiger partial charge is 0.331 e. The number of rotatable bonds is 4. The van der Waals surface area contributed by atoms with Crippen LogP contribution in [0.5, 0.6) is 0 Å². The smallest absolute Gasteiger partial charge is 0.312 e. The molecule has 1 amide bonds. The highest BCUT2D eigenvalue weighted by Gasteiger charge is 2.19. The van der Waals surface area contributed by atoms with Gasteiger partial charge >= 0.3 is 6.41 Å². The van der Waals surface area contributed by atoms with E-state index < -0.39 is 0 Å².